The van der Waals surface area contributed by atoms with Gasteiger partial charge < -0.3 is 4.74 Å². The van der Waals surface area contributed by atoms with Gasteiger partial charge in [-0.15, -0.1) is 0 Å². The quantitative estimate of drug-likeness (QED) is 0.498. The zero-order chi connectivity index (χ0) is 7.14. The van der Waals surface area contributed by atoms with Crippen LogP contribution in [-0.2, 0) is 4.74 Å². The van der Waals surface area contributed by atoms with Gasteiger partial charge in [-0.25, -0.2) is 0 Å². The summed E-state index contributed by atoms with van der Waals surface area (Å²) in [5.41, 5.74) is 0. The topological polar surface area (TPSA) is 9.23 Å². The van der Waals surface area contributed by atoms with Crippen LogP contribution in [-0.4, -0.2) is 6.10 Å². The second-order valence-electron chi connectivity index (χ2n) is 3.70. The predicted molar refractivity (Wildman–Crippen MR) is 40.4 cm³/mol. The molecule has 1 fully saturated rings. The molecule has 4 unspecified atom stereocenters. The number of rotatable bonds is 0. The zero-order valence-corrected chi connectivity index (χ0v) is 6.58. The first-order chi connectivity index (χ1) is 4.79. The lowest BCUT2D eigenvalue weighted by Gasteiger charge is -2.13. The highest BCUT2D eigenvalue weighted by atomic mass is 16.5. The van der Waals surface area contributed by atoms with E-state index in [1.54, 1.807) is 0 Å². The molecule has 1 aliphatic heterocycles. The molecule has 56 valence electrons. The normalized spacial score (nSPS) is 51.0. The Morgan fingerprint density at radius 2 is 2.10 bits per heavy atom. The molecule has 1 saturated carbocycles. The van der Waals surface area contributed by atoms with Gasteiger partial charge in [0, 0.05) is 5.92 Å². The van der Waals surface area contributed by atoms with Crippen molar-refractivity contribution in [3.63, 3.8) is 0 Å². The molecule has 1 nitrogen and oxygen atoms in total. The fourth-order valence-corrected chi connectivity index (χ4v) is 2.33. The summed E-state index contributed by atoms with van der Waals surface area (Å²) in [5.74, 6) is 2.31. The Labute approximate surface area is 62.1 Å². The van der Waals surface area contributed by atoms with Gasteiger partial charge >= 0.3 is 0 Å². The van der Waals surface area contributed by atoms with Crippen LogP contribution in [0.1, 0.15) is 20.3 Å². The van der Waals surface area contributed by atoms with E-state index in [0.717, 1.165) is 17.8 Å². The van der Waals surface area contributed by atoms with E-state index in [9.17, 15) is 0 Å². The van der Waals surface area contributed by atoms with Crippen molar-refractivity contribution < 1.29 is 4.74 Å². The first-order valence-corrected chi connectivity index (χ1v) is 4.11. The highest BCUT2D eigenvalue weighted by molar-refractivity contribution is 5.04. The molecule has 0 aromatic carbocycles. The van der Waals surface area contributed by atoms with Crippen LogP contribution >= 0.6 is 0 Å². The smallest absolute Gasteiger partial charge is 0.107 e. The summed E-state index contributed by atoms with van der Waals surface area (Å²) in [5, 5.41) is 0. The van der Waals surface area contributed by atoms with Crippen molar-refractivity contribution in [2.45, 2.75) is 26.4 Å². The molecule has 1 heterocycles. The Hall–Kier alpha value is -0.460. The largest absolute Gasteiger partial charge is 0.497 e. The average Bonchev–Trinajstić information content (AvgIpc) is 2.39. The average molecular weight is 138 g/mol. The summed E-state index contributed by atoms with van der Waals surface area (Å²) in [6, 6.07) is 0. The van der Waals surface area contributed by atoms with E-state index in [1.807, 2.05) is 6.26 Å². The summed E-state index contributed by atoms with van der Waals surface area (Å²) in [7, 11) is 0. The predicted octanol–water partition coefficient (Wildman–Crippen LogP) is 2.19. The van der Waals surface area contributed by atoms with Crippen LogP contribution in [0.5, 0.6) is 0 Å². The van der Waals surface area contributed by atoms with Gasteiger partial charge in [-0.1, -0.05) is 13.8 Å². The fourth-order valence-electron chi connectivity index (χ4n) is 2.33. The van der Waals surface area contributed by atoms with E-state index in [4.69, 9.17) is 4.74 Å². The van der Waals surface area contributed by atoms with Crippen molar-refractivity contribution in [2.24, 2.45) is 17.8 Å². The van der Waals surface area contributed by atoms with Crippen molar-refractivity contribution in [3.8, 4) is 0 Å². The molecular formula is C9H14O. The van der Waals surface area contributed by atoms with Crippen LogP contribution in [0.4, 0.5) is 0 Å². The van der Waals surface area contributed by atoms with Crippen LogP contribution < -0.4 is 0 Å². The van der Waals surface area contributed by atoms with E-state index in [-0.39, 0.29) is 0 Å². The van der Waals surface area contributed by atoms with E-state index >= 15 is 0 Å². The highest BCUT2D eigenvalue weighted by Gasteiger charge is 2.40. The van der Waals surface area contributed by atoms with Crippen molar-refractivity contribution in [1.29, 1.82) is 0 Å². The Morgan fingerprint density at radius 3 is 2.80 bits per heavy atom. The molecule has 2 rings (SSSR count). The Morgan fingerprint density at radius 1 is 1.30 bits per heavy atom. The lowest BCUT2D eigenvalue weighted by atomic mass is 9.98. The molecule has 0 bridgehead atoms. The van der Waals surface area contributed by atoms with Gasteiger partial charge in [-0.3, -0.25) is 0 Å². The maximum atomic E-state index is 5.48. The third-order valence-corrected chi connectivity index (χ3v) is 2.88. The molecule has 2 aliphatic rings. The molecule has 0 aromatic rings. The minimum absolute atomic E-state index is 0.509. The minimum Gasteiger partial charge on any atom is -0.497 e. The zero-order valence-electron chi connectivity index (χ0n) is 6.58. The van der Waals surface area contributed by atoms with Crippen molar-refractivity contribution in [2.75, 3.05) is 0 Å². The molecular weight excluding hydrogens is 124 g/mol. The fraction of sp³-hybridized carbons (Fsp3) is 0.778. The first kappa shape index (κ1) is 6.26. The molecule has 1 heteroatoms. The molecule has 0 radical (unpaired) electrons. The number of hydrogen-bond donors (Lipinski definition) is 0. The molecule has 0 N–H and O–H groups in total. The van der Waals surface area contributed by atoms with Gasteiger partial charge in [0.05, 0.1) is 6.26 Å². The standard InChI is InChI=1S/C9H14O/c1-6-5-7(2)9-8(6)3-4-10-9/h3-4,6-9H,5H2,1-2H3. The van der Waals surface area contributed by atoms with E-state index < -0.39 is 0 Å². The van der Waals surface area contributed by atoms with Crippen LogP contribution in [0.15, 0.2) is 12.3 Å². The molecule has 4 atom stereocenters. The second kappa shape index (κ2) is 2.01. The third-order valence-electron chi connectivity index (χ3n) is 2.88. The number of hydrogen-bond acceptors (Lipinski definition) is 1. The summed E-state index contributed by atoms with van der Waals surface area (Å²) in [4.78, 5) is 0. The van der Waals surface area contributed by atoms with Crippen LogP contribution in [0, 0.1) is 17.8 Å². The molecule has 1 aliphatic carbocycles. The minimum atomic E-state index is 0.509. The maximum absolute atomic E-state index is 5.48. The lowest BCUT2D eigenvalue weighted by Crippen LogP contribution is -2.16. The van der Waals surface area contributed by atoms with Crippen molar-refractivity contribution >= 4 is 0 Å². The summed E-state index contributed by atoms with van der Waals surface area (Å²) < 4.78 is 5.48. The van der Waals surface area contributed by atoms with Gasteiger partial charge in [0.15, 0.2) is 0 Å². The summed E-state index contributed by atoms with van der Waals surface area (Å²) >= 11 is 0. The highest BCUT2D eigenvalue weighted by Crippen LogP contribution is 2.41. The van der Waals surface area contributed by atoms with Gasteiger partial charge in [0.25, 0.3) is 0 Å². The number of fused-ring (bicyclic) bond motifs is 1. The van der Waals surface area contributed by atoms with Crippen LogP contribution in [0.2, 0.25) is 0 Å². The van der Waals surface area contributed by atoms with Gasteiger partial charge in [-0.05, 0) is 24.3 Å². The molecule has 10 heavy (non-hydrogen) atoms. The van der Waals surface area contributed by atoms with Crippen LogP contribution in [0.3, 0.4) is 0 Å². The molecule has 0 aromatic heterocycles. The Balaban J connectivity index is 2.17. The Bertz CT molecular complexity index is 162. The summed E-state index contributed by atoms with van der Waals surface area (Å²) in [6.07, 6.45) is 5.94. The van der Waals surface area contributed by atoms with E-state index in [2.05, 4.69) is 19.9 Å². The number of ether oxygens (including phenoxy) is 1. The molecule has 0 saturated heterocycles. The van der Waals surface area contributed by atoms with E-state index in [0.29, 0.717) is 6.10 Å². The van der Waals surface area contributed by atoms with Crippen molar-refractivity contribution in [3.05, 3.63) is 12.3 Å². The summed E-state index contributed by atoms with van der Waals surface area (Å²) in [6.45, 7) is 4.61. The van der Waals surface area contributed by atoms with Gasteiger partial charge in [-0.2, -0.15) is 0 Å². The lowest BCUT2D eigenvalue weighted by molar-refractivity contribution is 0.114. The van der Waals surface area contributed by atoms with Crippen molar-refractivity contribution in [1.82, 2.24) is 0 Å². The Kier molecular flexibility index (Phi) is 1.26. The van der Waals surface area contributed by atoms with Gasteiger partial charge in [0.2, 0.25) is 0 Å². The maximum Gasteiger partial charge on any atom is 0.107 e. The second-order valence-corrected chi connectivity index (χ2v) is 3.70. The molecule has 0 spiro atoms. The third kappa shape index (κ3) is 0.695. The SMILES string of the molecule is CC1CC(C)C2OC=CC12. The van der Waals surface area contributed by atoms with Crippen LogP contribution in [0.25, 0.3) is 0 Å². The first-order valence-electron chi connectivity index (χ1n) is 4.11. The van der Waals surface area contributed by atoms with Gasteiger partial charge in [0.1, 0.15) is 6.10 Å². The monoisotopic (exact) mass is 138 g/mol. The molecule has 0 amide bonds. The van der Waals surface area contributed by atoms with E-state index in [1.165, 1.54) is 6.42 Å².